The van der Waals surface area contributed by atoms with E-state index < -0.39 is 11.9 Å². The molecule has 22 heavy (non-hydrogen) atoms. The number of ether oxygens (including phenoxy) is 2. The van der Waals surface area contributed by atoms with Crippen molar-refractivity contribution in [3.8, 4) is 0 Å². The molecule has 120 valence electrons. The number of esters is 2. The van der Waals surface area contributed by atoms with Crippen molar-refractivity contribution in [2.45, 2.75) is 33.1 Å². The summed E-state index contributed by atoms with van der Waals surface area (Å²) in [7, 11) is 0. The van der Waals surface area contributed by atoms with Gasteiger partial charge in [-0.15, -0.1) is 11.3 Å². The van der Waals surface area contributed by atoms with E-state index >= 15 is 0 Å². The monoisotopic (exact) mass is 325 g/mol. The van der Waals surface area contributed by atoms with Crippen LogP contribution < -0.4 is 5.32 Å². The lowest BCUT2D eigenvalue weighted by molar-refractivity contribution is -0.122. The summed E-state index contributed by atoms with van der Waals surface area (Å²) in [5.74, 6) is -1.35. The molecule has 1 amide bonds. The van der Waals surface area contributed by atoms with Crippen molar-refractivity contribution in [1.82, 2.24) is 0 Å². The number of rotatable bonds is 6. The van der Waals surface area contributed by atoms with Crippen LogP contribution in [-0.2, 0) is 14.3 Å². The molecule has 0 saturated heterocycles. The van der Waals surface area contributed by atoms with Crippen LogP contribution in [-0.4, -0.2) is 31.1 Å². The van der Waals surface area contributed by atoms with E-state index in [1.165, 1.54) is 5.38 Å². The summed E-state index contributed by atoms with van der Waals surface area (Å²) in [4.78, 5) is 36.1. The number of carbonyl (C=O) groups excluding carboxylic acids is 3. The third kappa shape index (κ3) is 3.47. The van der Waals surface area contributed by atoms with Gasteiger partial charge in [-0.3, -0.25) is 4.79 Å². The maximum absolute atomic E-state index is 12.1. The predicted octanol–water partition coefficient (Wildman–Crippen LogP) is 2.84. The molecule has 1 aromatic heterocycles. The molecule has 1 saturated carbocycles. The SMILES string of the molecule is CCOC(=O)c1csc(NC(=O)C2CCC2)c1C(=O)OCC. The molecule has 6 nitrogen and oxygen atoms in total. The number of amides is 1. The highest BCUT2D eigenvalue weighted by Gasteiger charge is 2.30. The van der Waals surface area contributed by atoms with Crippen molar-refractivity contribution in [1.29, 1.82) is 0 Å². The van der Waals surface area contributed by atoms with E-state index in [1.807, 2.05) is 0 Å². The lowest BCUT2D eigenvalue weighted by atomic mass is 9.85. The summed E-state index contributed by atoms with van der Waals surface area (Å²) >= 11 is 1.13. The van der Waals surface area contributed by atoms with E-state index in [4.69, 9.17) is 9.47 Å². The van der Waals surface area contributed by atoms with E-state index in [2.05, 4.69) is 5.32 Å². The Morgan fingerprint density at radius 3 is 2.36 bits per heavy atom. The molecule has 0 spiro atoms. The molecular formula is C15H19NO5S. The summed E-state index contributed by atoms with van der Waals surface area (Å²) < 4.78 is 9.93. The largest absolute Gasteiger partial charge is 0.462 e. The van der Waals surface area contributed by atoms with Gasteiger partial charge in [0.2, 0.25) is 5.91 Å². The van der Waals surface area contributed by atoms with Gasteiger partial charge in [0, 0.05) is 11.3 Å². The van der Waals surface area contributed by atoms with Crippen molar-refractivity contribution in [3.63, 3.8) is 0 Å². The van der Waals surface area contributed by atoms with Gasteiger partial charge in [0.25, 0.3) is 0 Å². The van der Waals surface area contributed by atoms with Crippen LogP contribution in [0.3, 0.4) is 0 Å². The van der Waals surface area contributed by atoms with Crippen LogP contribution in [0, 0.1) is 5.92 Å². The molecular weight excluding hydrogens is 306 g/mol. The van der Waals surface area contributed by atoms with Crippen molar-refractivity contribution in [2.75, 3.05) is 18.5 Å². The van der Waals surface area contributed by atoms with Crippen LogP contribution in [0.2, 0.25) is 0 Å². The van der Waals surface area contributed by atoms with Crippen LogP contribution >= 0.6 is 11.3 Å². The van der Waals surface area contributed by atoms with Crippen molar-refractivity contribution in [2.24, 2.45) is 5.92 Å². The maximum Gasteiger partial charge on any atom is 0.342 e. The second kappa shape index (κ2) is 7.40. The molecule has 1 heterocycles. The van der Waals surface area contributed by atoms with Gasteiger partial charge in [0.1, 0.15) is 10.6 Å². The minimum atomic E-state index is -0.629. The predicted molar refractivity (Wildman–Crippen MR) is 82.2 cm³/mol. The minimum Gasteiger partial charge on any atom is -0.462 e. The maximum atomic E-state index is 12.1. The molecule has 1 fully saturated rings. The Kier molecular flexibility index (Phi) is 5.54. The molecule has 0 aromatic carbocycles. The number of hydrogen-bond donors (Lipinski definition) is 1. The first-order valence-corrected chi connectivity index (χ1v) is 8.23. The lowest BCUT2D eigenvalue weighted by Gasteiger charge is -2.23. The molecule has 1 aliphatic rings. The van der Waals surface area contributed by atoms with Crippen molar-refractivity contribution >= 4 is 34.2 Å². The van der Waals surface area contributed by atoms with Crippen LogP contribution in [0.25, 0.3) is 0 Å². The highest BCUT2D eigenvalue weighted by molar-refractivity contribution is 7.15. The summed E-state index contributed by atoms with van der Waals surface area (Å²) in [6, 6.07) is 0. The number of carbonyl (C=O) groups is 3. The zero-order chi connectivity index (χ0) is 16.1. The Balaban J connectivity index is 2.25. The van der Waals surface area contributed by atoms with E-state index in [0.29, 0.717) is 5.00 Å². The lowest BCUT2D eigenvalue weighted by Crippen LogP contribution is -2.28. The zero-order valence-corrected chi connectivity index (χ0v) is 13.5. The van der Waals surface area contributed by atoms with Gasteiger partial charge in [-0.05, 0) is 26.7 Å². The van der Waals surface area contributed by atoms with Gasteiger partial charge < -0.3 is 14.8 Å². The zero-order valence-electron chi connectivity index (χ0n) is 12.6. The molecule has 0 bridgehead atoms. The third-order valence-corrected chi connectivity index (χ3v) is 4.37. The highest BCUT2D eigenvalue weighted by Crippen LogP contribution is 2.33. The molecule has 1 N–H and O–H groups in total. The molecule has 0 radical (unpaired) electrons. The van der Waals surface area contributed by atoms with Gasteiger partial charge in [-0.2, -0.15) is 0 Å². The van der Waals surface area contributed by atoms with Gasteiger partial charge in [-0.25, -0.2) is 9.59 Å². The first-order valence-electron chi connectivity index (χ1n) is 7.35. The Hall–Kier alpha value is -1.89. The van der Waals surface area contributed by atoms with Crippen LogP contribution in [0.4, 0.5) is 5.00 Å². The Bertz CT molecular complexity index is 576. The molecule has 0 atom stereocenters. The van der Waals surface area contributed by atoms with Crippen molar-refractivity contribution in [3.05, 3.63) is 16.5 Å². The fourth-order valence-electron chi connectivity index (χ4n) is 2.10. The van der Waals surface area contributed by atoms with E-state index in [1.54, 1.807) is 13.8 Å². The number of hydrogen-bond acceptors (Lipinski definition) is 6. The molecule has 0 aliphatic heterocycles. The Labute approximate surface area is 132 Å². The van der Waals surface area contributed by atoms with Gasteiger partial charge in [0.15, 0.2) is 0 Å². The Morgan fingerprint density at radius 2 is 1.82 bits per heavy atom. The molecule has 1 aliphatic carbocycles. The fourth-order valence-corrected chi connectivity index (χ4v) is 3.02. The minimum absolute atomic E-state index is 0.0109. The highest BCUT2D eigenvalue weighted by atomic mass is 32.1. The standard InChI is InChI=1S/C15H19NO5S/c1-3-20-14(18)10-8-22-13(11(10)15(19)21-4-2)16-12(17)9-6-5-7-9/h8-9H,3-7H2,1-2H3,(H,16,17). The van der Waals surface area contributed by atoms with Gasteiger partial charge in [0.05, 0.1) is 18.8 Å². The average molecular weight is 325 g/mol. The average Bonchev–Trinajstić information content (AvgIpc) is 2.80. The van der Waals surface area contributed by atoms with Crippen LogP contribution in [0.15, 0.2) is 5.38 Å². The van der Waals surface area contributed by atoms with Crippen molar-refractivity contribution < 1.29 is 23.9 Å². The number of thiophene rings is 1. The molecule has 0 unspecified atom stereocenters. The summed E-state index contributed by atoms with van der Waals surface area (Å²) in [5.41, 5.74) is 0.215. The van der Waals surface area contributed by atoms with Crippen LogP contribution in [0.1, 0.15) is 53.8 Å². The molecule has 1 aromatic rings. The smallest absolute Gasteiger partial charge is 0.342 e. The quantitative estimate of drug-likeness (QED) is 0.813. The second-order valence-corrected chi connectivity index (χ2v) is 5.79. The Morgan fingerprint density at radius 1 is 1.18 bits per heavy atom. The number of anilines is 1. The first kappa shape index (κ1) is 16.5. The fraction of sp³-hybridized carbons (Fsp3) is 0.533. The second-order valence-electron chi connectivity index (χ2n) is 4.91. The van der Waals surface area contributed by atoms with E-state index in [9.17, 15) is 14.4 Å². The molecule has 2 rings (SSSR count). The molecule has 7 heteroatoms. The van der Waals surface area contributed by atoms with Crippen LogP contribution in [0.5, 0.6) is 0 Å². The topological polar surface area (TPSA) is 81.7 Å². The third-order valence-electron chi connectivity index (χ3n) is 3.48. The van der Waals surface area contributed by atoms with E-state index in [-0.39, 0.29) is 36.2 Å². The normalized spacial score (nSPS) is 14.1. The van der Waals surface area contributed by atoms with Gasteiger partial charge >= 0.3 is 11.9 Å². The summed E-state index contributed by atoms with van der Waals surface area (Å²) in [6.45, 7) is 3.77. The summed E-state index contributed by atoms with van der Waals surface area (Å²) in [6.07, 6.45) is 2.76. The number of nitrogens with one attached hydrogen (secondary N) is 1. The first-order chi connectivity index (χ1) is 10.6. The summed E-state index contributed by atoms with van der Waals surface area (Å²) in [5, 5.41) is 4.60. The van der Waals surface area contributed by atoms with E-state index in [0.717, 1.165) is 30.6 Å². The van der Waals surface area contributed by atoms with Gasteiger partial charge in [-0.1, -0.05) is 6.42 Å².